The van der Waals surface area contributed by atoms with Crippen molar-refractivity contribution in [2.75, 3.05) is 19.1 Å². The lowest BCUT2D eigenvalue weighted by Gasteiger charge is -2.24. The Bertz CT molecular complexity index is 499. The number of likely N-dealkylation sites (N-methyl/N-ethyl adjacent to an activating group) is 1. The Morgan fingerprint density at radius 2 is 2.10 bits per heavy atom. The zero-order valence-corrected chi connectivity index (χ0v) is 13.7. The fourth-order valence-electron chi connectivity index (χ4n) is 1.89. The van der Waals surface area contributed by atoms with Crippen molar-refractivity contribution in [3.8, 4) is 0 Å². The summed E-state index contributed by atoms with van der Waals surface area (Å²) in [7, 11) is 1.68. The van der Waals surface area contributed by atoms with E-state index in [4.69, 9.17) is 17.3 Å². The van der Waals surface area contributed by atoms with Gasteiger partial charge in [0.25, 0.3) is 0 Å². The number of carbonyl (C=O) groups is 2. The molecule has 0 radical (unpaired) electrons. The number of nitrogens with zero attached hydrogens (tertiary/aromatic N) is 1. The predicted octanol–water partition coefficient (Wildman–Crippen LogP) is 2.09. The second-order valence-corrected chi connectivity index (χ2v) is 6.02. The van der Waals surface area contributed by atoms with E-state index in [0.717, 1.165) is 11.3 Å². The molecule has 116 valence electrons. The van der Waals surface area contributed by atoms with Crippen molar-refractivity contribution in [3.63, 3.8) is 0 Å². The van der Waals surface area contributed by atoms with Crippen LogP contribution in [0.2, 0.25) is 5.02 Å². The highest BCUT2D eigenvalue weighted by Gasteiger charge is 2.23. The molecule has 1 aromatic rings. The summed E-state index contributed by atoms with van der Waals surface area (Å²) in [5, 5.41) is 3.11. The van der Waals surface area contributed by atoms with Crippen LogP contribution in [-0.2, 0) is 11.3 Å². The Hall–Kier alpha value is -1.40. The molecule has 1 unspecified atom stereocenters. The first-order valence-corrected chi connectivity index (χ1v) is 8.26. The lowest BCUT2D eigenvalue weighted by atomic mass is 10.1. The molecular formula is C14H20ClN3O2S. The van der Waals surface area contributed by atoms with E-state index in [1.165, 1.54) is 0 Å². The largest absolute Gasteiger partial charge is 0.352 e. The highest BCUT2D eigenvalue weighted by Crippen LogP contribution is 2.17. The highest BCUT2D eigenvalue weighted by atomic mass is 35.5. The van der Waals surface area contributed by atoms with Crippen LogP contribution < -0.4 is 11.1 Å². The third-order valence-electron chi connectivity index (χ3n) is 2.97. The molecule has 0 bridgehead atoms. The fraction of sp³-hybridized carbons (Fsp3) is 0.429. The third kappa shape index (κ3) is 5.85. The van der Waals surface area contributed by atoms with Crippen LogP contribution >= 0.6 is 23.4 Å². The van der Waals surface area contributed by atoms with Crippen molar-refractivity contribution in [1.29, 1.82) is 0 Å². The van der Waals surface area contributed by atoms with E-state index < -0.39 is 12.1 Å². The molecule has 0 heterocycles. The topological polar surface area (TPSA) is 75.4 Å². The summed E-state index contributed by atoms with van der Waals surface area (Å²) in [6, 6.07) is 6.05. The van der Waals surface area contributed by atoms with E-state index in [2.05, 4.69) is 5.32 Å². The first-order valence-electron chi connectivity index (χ1n) is 6.49. The molecule has 0 aliphatic heterocycles. The summed E-state index contributed by atoms with van der Waals surface area (Å²) in [5.74, 6) is 0.583. The van der Waals surface area contributed by atoms with Gasteiger partial charge in [-0.1, -0.05) is 29.8 Å². The maximum Gasteiger partial charge on any atom is 0.312 e. The van der Waals surface area contributed by atoms with Crippen LogP contribution in [0.15, 0.2) is 24.3 Å². The molecule has 21 heavy (non-hydrogen) atoms. The van der Waals surface area contributed by atoms with Gasteiger partial charge in [-0.25, -0.2) is 4.79 Å². The molecule has 0 fully saturated rings. The first-order chi connectivity index (χ1) is 9.95. The van der Waals surface area contributed by atoms with Crippen molar-refractivity contribution < 1.29 is 9.59 Å². The highest BCUT2D eigenvalue weighted by molar-refractivity contribution is 7.98. The Kier molecular flexibility index (Phi) is 7.39. The van der Waals surface area contributed by atoms with Crippen molar-refractivity contribution in [1.82, 2.24) is 10.2 Å². The molecule has 0 aliphatic carbocycles. The minimum absolute atomic E-state index is 0.178. The number of benzene rings is 1. The number of primary amides is 1. The number of nitrogens with one attached hydrogen (secondary N) is 1. The molecule has 0 saturated heterocycles. The standard InChI is InChI=1S/C14H20ClN3O2S/c1-18(9-10-5-3-4-6-11(10)15)13(19)12(7-8-21-2)17-14(16)20/h3-6,12H,7-9H2,1-2H3,(H3,16,17,20). The van der Waals surface area contributed by atoms with Crippen LogP contribution in [-0.4, -0.2) is 41.9 Å². The van der Waals surface area contributed by atoms with Gasteiger partial charge < -0.3 is 16.0 Å². The normalized spacial score (nSPS) is 11.8. The molecule has 3 amide bonds. The zero-order chi connectivity index (χ0) is 15.8. The average Bonchev–Trinajstić information content (AvgIpc) is 2.44. The lowest BCUT2D eigenvalue weighted by Crippen LogP contribution is -2.49. The molecule has 1 atom stereocenters. The van der Waals surface area contributed by atoms with Crippen molar-refractivity contribution in [2.24, 2.45) is 5.73 Å². The van der Waals surface area contributed by atoms with Gasteiger partial charge in [0.1, 0.15) is 6.04 Å². The Morgan fingerprint density at radius 1 is 1.43 bits per heavy atom. The van der Waals surface area contributed by atoms with Crippen LogP contribution in [0.5, 0.6) is 0 Å². The molecule has 0 aromatic heterocycles. The molecule has 0 saturated carbocycles. The zero-order valence-electron chi connectivity index (χ0n) is 12.1. The quantitative estimate of drug-likeness (QED) is 0.804. The Morgan fingerprint density at radius 3 is 2.67 bits per heavy atom. The fourth-order valence-corrected chi connectivity index (χ4v) is 2.56. The second kappa shape index (κ2) is 8.79. The number of hydrogen-bond acceptors (Lipinski definition) is 3. The predicted molar refractivity (Wildman–Crippen MR) is 87.4 cm³/mol. The molecule has 1 rings (SSSR count). The van der Waals surface area contributed by atoms with E-state index >= 15 is 0 Å². The summed E-state index contributed by atoms with van der Waals surface area (Å²) in [6.45, 7) is 0.384. The van der Waals surface area contributed by atoms with E-state index in [1.54, 1.807) is 29.8 Å². The molecule has 3 N–H and O–H groups in total. The summed E-state index contributed by atoms with van der Waals surface area (Å²) in [6.07, 6.45) is 2.48. The monoisotopic (exact) mass is 329 g/mol. The number of rotatable bonds is 7. The smallest absolute Gasteiger partial charge is 0.312 e. The summed E-state index contributed by atoms with van der Waals surface area (Å²) in [5.41, 5.74) is 5.99. The van der Waals surface area contributed by atoms with Crippen LogP contribution in [0.4, 0.5) is 4.79 Å². The maximum atomic E-state index is 12.4. The van der Waals surface area contributed by atoms with E-state index in [0.29, 0.717) is 18.0 Å². The van der Waals surface area contributed by atoms with Gasteiger partial charge in [-0.3, -0.25) is 4.79 Å². The number of hydrogen-bond donors (Lipinski definition) is 2. The van der Waals surface area contributed by atoms with Gasteiger partial charge in [0, 0.05) is 18.6 Å². The minimum Gasteiger partial charge on any atom is -0.352 e. The number of carbonyl (C=O) groups excluding carboxylic acids is 2. The van der Waals surface area contributed by atoms with Gasteiger partial charge in [-0.05, 0) is 30.1 Å². The third-order valence-corrected chi connectivity index (χ3v) is 3.98. The van der Waals surface area contributed by atoms with Gasteiger partial charge in [-0.15, -0.1) is 0 Å². The summed E-state index contributed by atoms with van der Waals surface area (Å²) < 4.78 is 0. The van der Waals surface area contributed by atoms with E-state index in [1.807, 2.05) is 24.5 Å². The summed E-state index contributed by atoms with van der Waals surface area (Å²) >= 11 is 7.70. The number of urea groups is 1. The lowest BCUT2D eigenvalue weighted by molar-refractivity contribution is -0.132. The van der Waals surface area contributed by atoms with Gasteiger partial charge in [0.15, 0.2) is 0 Å². The van der Waals surface area contributed by atoms with Crippen molar-refractivity contribution >= 4 is 35.3 Å². The number of halogens is 1. The first kappa shape index (κ1) is 17.7. The minimum atomic E-state index is -0.694. The van der Waals surface area contributed by atoms with Crippen LogP contribution in [0.1, 0.15) is 12.0 Å². The molecule has 1 aromatic carbocycles. The molecular weight excluding hydrogens is 310 g/mol. The van der Waals surface area contributed by atoms with Crippen molar-refractivity contribution in [3.05, 3.63) is 34.9 Å². The molecule has 0 aliphatic rings. The van der Waals surface area contributed by atoms with Crippen LogP contribution in [0.25, 0.3) is 0 Å². The number of amides is 3. The SMILES string of the molecule is CSCCC(NC(N)=O)C(=O)N(C)Cc1ccccc1Cl. The maximum absolute atomic E-state index is 12.4. The number of nitrogens with two attached hydrogens (primary N) is 1. The Balaban J connectivity index is 2.73. The Labute approximate surface area is 134 Å². The van der Waals surface area contributed by atoms with Gasteiger partial charge in [0.05, 0.1) is 0 Å². The molecule has 0 spiro atoms. The van der Waals surface area contributed by atoms with E-state index in [-0.39, 0.29) is 5.91 Å². The second-order valence-electron chi connectivity index (χ2n) is 4.63. The van der Waals surface area contributed by atoms with Crippen molar-refractivity contribution in [2.45, 2.75) is 19.0 Å². The van der Waals surface area contributed by atoms with Gasteiger partial charge >= 0.3 is 6.03 Å². The van der Waals surface area contributed by atoms with E-state index in [9.17, 15) is 9.59 Å². The van der Waals surface area contributed by atoms with Crippen LogP contribution in [0, 0.1) is 0 Å². The van der Waals surface area contributed by atoms with Gasteiger partial charge in [-0.2, -0.15) is 11.8 Å². The summed E-state index contributed by atoms with van der Waals surface area (Å²) in [4.78, 5) is 25.0. The number of thioether (sulfide) groups is 1. The molecule has 7 heteroatoms. The average molecular weight is 330 g/mol. The van der Waals surface area contributed by atoms with Crippen LogP contribution in [0.3, 0.4) is 0 Å². The molecule has 5 nitrogen and oxygen atoms in total. The van der Waals surface area contributed by atoms with Gasteiger partial charge in [0.2, 0.25) is 5.91 Å².